The second-order valence-electron chi connectivity index (χ2n) is 3.91. The number of hydrogen-bond acceptors (Lipinski definition) is 3. The van der Waals surface area contributed by atoms with E-state index >= 15 is 0 Å². The highest BCUT2D eigenvalue weighted by Crippen LogP contribution is 2.18. The number of aliphatic hydroxyl groups excluding tert-OH is 1. The average molecular weight is 217 g/mol. The maximum atomic E-state index is 10.00. The summed E-state index contributed by atoms with van der Waals surface area (Å²) in [7, 11) is 1.86. The molecule has 0 fully saturated rings. The van der Waals surface area contributed by atoms with Gasteiger partial charge in [0.15, 0.2) is 0 Å². The van der Waals surface area contributed by atoms with Gasteiger partial charge in [-0.1, -0.05) is 12.1 Å². The molecule has 1 atom stereocenters. The Balaban J connectivity index is 2.08. The first kappa shape index (κ1) is 10.7. The molecule has 0 spiro atoms. The zero-order chi connectivity index (χ0) is 11.5. The molecule has 3 N–H and O–H groups in total. The summed E-state index contributed by atoms with van der Waals surface area (Å²) < 4.78 is 1.73. The minimum absolute atomic E-state index is 0.509. The van der Waals surface area contributed by atoms with Crippen molar-refractivity contribution in [3.05, 3.63) is 47.8 Å². The van der Waals surface area contributed by atoms with E-state index in [-0.39, 0.29) is 0 Å². The van der Waals surface area contributed by atoms with Crippen molar-refractivity contribution < 1.29 is 5.11 Å². The van der Waals surface area contributed by atoms with Crippen LogP contribution in [0.2, 0.25) is 0 Å². The van der Waals surface area contributed by atoms with Crippen LogP contribution in [0.1, 0.15) is 17.2 Å². The van der Waals surface area contributed by atoms with Crippen molar-refractivity contribution in [3.8, 4) is 0 Å². The summed E-state index contributed by atoms with van der Waals surface area (Å²) in [5.74, 6) is 0. The Labute approximate surface area is 94.3 Å². The van der Waals surface area contributed by atoms with Crippen LogP contribution in [0.4, 0.5) is 5.69 Å². The van der Waals surface area contributed by atoms with Gasteiger partial charge in [-0.25, -0.2) is 0 Å². The van der Waals surface area contributed by atoms with E-state index in [1.165, 1.54) is 0 Å². The second-order valence-corrected chi connectivity index (χ2v) is 3.91. The number of benzene rings is 1. The maximum Gasteiger partial charge on any atom is 0.0831 e. The molecular formula is C12H15N3O. The number of rotatable bonds is 3. The van der Waals surface area contributed by atoms with Gasteiger partial charge in [-0.15, -0.1) is 0 Å². The van der Waals surface area contributed by atoms with Crippen molar-refractivity contribution >= 4 is 5.69 Å². The van der Waals surface area contributed by atoms with E-state index in [1.54, 1.807) is 23.0 Å². The van der Waals surface area contributed by atoms with Crippen LogP contribution in [0.5, 0.6) is 0 Å². The van der Waals surface area contributed by atoms with Crippen molar-refractivity contribution in [2.75, 3.05) is 5.73 Å². The maximum absolute atomic E-state index is 10.00. The molecule has 1 aromatic carbocycles. The van der Waals surface area contributed by atoms with Crippen molar-refractivity contribution in [1.82, 2.24) is 9.78 Å². The van der Waals surface area contributed by atoms with E-state index < -0.39 is 6.10 Å². The van der Waals surface area contributed by atoms with Crippen LogP contribution in [-0.4, -0.2) is 14.9 Å². The fraction of sp³-hybridized carbons (Fsp3) is 0.250. The first-order chi connectivity index (χ1) is 7.65. The minimum atomic E-state index is -0.509. The molecule has 4 heteroatoms. The van der Waals surface area contributed by atoms with Crippen molar-refractivity contribution in [2.24, 2.45) is 7.05 Å². The lowest BCUT2D eigenvalue weighted by Crippen LogP contribution is -2.01. The SMILES string of the molecule is Cn1cc(CC(O)c2ccc(N)cc2)cn1. The van der Waals surface area contributed by atoms with E-state index in [0.29, 0.717) is 12.1 Å². The monoisotopic (exact) mass is 217 g/mol. The molecular weight excluding hydrogens is 202 g/mol. The lowest BCUT2D eigenvalue weighted by atomic mass is 10.0. The Morgan fingerprint density at radius 3 is 2.62 bits per heavy atom. The summed E-state index contributed by atoms with van der Waals surface area (Å²) in [6.07, 6.45) is 3.73. The summed E-state index contributed by atoms with van der Waals surface area (Å²) in [4.78, 5) is 0. The number of nitrogens with two attached hydrogens (primary N) is 1. The van der Waals surface area contributed by atoms with Gasteiger partial charge in [0, 0.05) is 25.4 Å². The number of aryl methyl sites for hydroxylation is 1. The zero-order valence-corrected chi connectivity index (χ0v) is 9.17. The third-order valence-corrected chi connectivity index (χ3v) is 2.51. The zero-order valence-electron chi connectivity index (χ0n) is 9.17. The van der Waals surface area contributed by atoms with Gasteiger partial charge >= 0.3 is 0 Å². The first-order valence-electron chi connectivity index (χ1n) is 5.16. The summed E-state index contributed by atoms with van der Waals surface area (Å²) in [5, 5.41) is 14.1. The average Bonchev–Trinajstić information content (AvgIpc) is 2.65. The van der Waals surface area contributed by atoms with E-state index in [2.05, 4.69) is 5.10 Å². The molecule has 0 bridgehead atoms. The summed E-state index contributed by atoms with van der Waals surface area (Å²) in [6.45, 7) is 0. The Bertz CT molecular complexity index is 461. The van der Waals surface area contributed by atoms with Crippen LogP contribution < -0.4 is 5.73 Å². The molecule has 84 valence electrons. The highest BCUT2D eigenvalue weighted by molar-refractivity contribution is 5.40. The molecule has 1 aromatic heterocycles. The van der Waals surface area contributed by atoms with E-state index in [4.69, 9.17) is 5.73 Å². The molecule has 16 heavy (non-hydrogen) atoms. The van der Waals surface area contributed by atoms with Gasteiger partial charge in [0.25, 0.3) is 0 Å². The Morgan fingerprint density at radius 2 is 2.06 bits per heavy atom. The normalized spacial score (nSPS) is 12.6. The molecule has 0 aliphatic carbocycles. The topological polar surface area (TPSA) is 64.1 Å². The molecule has 4 nitrogen and oxygen atoms in total. The molecule has 0 saturated carbocycles. The largest absolute Gasteiger partial charge is 0.399 e. The lowest BCUT2D eigenvalue weighted by molar-refractivity contribution is 0.178. The van der Waals surface area contributed by atoms with Gasteiger partial charge in [0.2, 0.25) is 0 Å². The third-order valence-electron chi connectivity index (χ3n) is 2.51. The van der Waals surface area contributed by atoms with E-state index in [0.717, 1.165) is 11.1 Å². The highest BCUT2D eigenvalue weighted by atomic mass is 16.3. The molecule has 0 saturated heterocycles. The predicted molar refractivity (Wildman–Crippen MR) is 62.7 cm³/mol. The van der Waals surface area contributed by atoms with Crippen LogP contribution in [-0.2, 0) is 13.5 Å². The fourth-order valence-electron chi connectivity index (χ4n) is 1.64. The van der Waals surface area contributed by atoms with Gasteiger partial charge in [0.1, 0.15) is 0 Å². The number of nitrogens with zero attached hydrogens (tertiary/aromatic N) is 2. The van der Waals surface area contributed by atoms with Gasteiger partial charge < -0.3 is 10.8 Å². The number of nitrogen functional groups attached to an aromatic ring is 1. The molecule has 2 aromatic rings. The number of hydrogen-bond donors (Lipinski definition) is 2. The van der Waals surface area contributed by atoms with Crippen LogP contribution in [0.15, 0.2) is 36.7 Å². The smallest absolute Gasteiger partial charge is 0.0831 e. The number of anilines is 1. The van der Waals surface area contributed by atoms with Gasteiger partial charge in [0.05, 0.1) is 12.3 Å². The number of aromatic nitrogens is 2. The molecule has 1 unspecified atom stereocenters. The lowest BCUT2D eigenvalue weighted by Gasteiger charge is -2.09. The summed E-state index contributed by atoms with van der Waals surface area (Å²) in [6, 6.07) is 7.27. The van der Waals surface area contributed by atoms with Gasteiger partial charge in [-0.2, -0.15) is 5.10 Å². The number of aliphatic hydroxyl groups is 1. The molecule has 1 heterocycles. The van der Waals surface area contributed by atoms with E-state index in [1.807, 2.05) is 25.4 Å². The van der Waals surface area contributed by atoms with Crippen LogP contribution in [0, 0.1) is 0 Å². The molecule has 2 rings (SSSR count). The highest BCUT2D eigenvalue weighted by Gasteiger charge is 2.09. The Hall–Kier alpha value is -1.81. The first-order valence-corrected chi connectivity index (χ1v) is 5.16. The molecule has 0 radical (unpaired) electrons. The van der Waals surface area contributed by atoms with Crippen molar-refractivity contribution in [2.45, 2.75) is 12.5 Å². The van der Waals surface area contributed by atoms with E-state index in [9.17, 15) is 5.11 Å². The van der Waals surface area contributed by atoms with Crippen molar-refractivity contribution in [3.63, 3.8) is 0 Å². The molecule has 0 aliphatic heterocycles. The van der Waals surface area contributed by atoms with Crippen LogP contribution in [0.25, 0.3) is 0 Å². The Morgan fingerprint density at radius 1 is 1.38 bits per heavy atom. The summed E-state index contributed by atoms with van der Waals surface area (Å²) in [5.41, 5.74) is 8.19. The van der Waals surface area contributed by atoms with Crippen LogP contribution in [0.3, 0.4) is 0 Å². The van der Waals surface area contributed by atoms with Gasteiger partial charge in [-0.3, -0.25) is 4.68 Å². The van der Waals surface area contributed by atoms with Crippen molar-refractivity contribution in [1.29, 1.82) is 0 Å². The second kappa shape index (κ2) is 4.37. The van der Waals surface area contributed by atoms with Gasteiger partial charge in [-0.05, 0) is 23.3 Å². The standard InChI is InChI=1S/C12H15N3O/c1-15-8-9(7-14-15)6-12(16)10-2-4-11(13)5-3-10/h2-5,7-8,12,16H,6,13H2,1H3. The van der Waals surface area contributed by atoms with Crippen LogP contribution >= 0.6 is 0 Å². The molecule has 0 aliphatic rings. The summed E-state index contributed by atoms with van der Waals surface area (Å²) >= 11 is 0. The quantitative estimate of drug-likeness (QED) is 0.761. The predicted octanol–water partition coefficient (Wildman–Crippen LogP) is 1.28. The minimum Gasteiger partial charge on any atom is -0.399 e. The molecule has 0 amide bonds. The Kier molecular flexibility index (Phi) is 2.92. The fourth-order valence-corrected chi connectivity index (χ4v) is 1.64. The third kappa shape index (κ3) is 2.41.